The molecule has 0 spiro atoms. The molecule has 1 N–H and O–H groups in total. The van der Waals surface area contributed by atoms with Crippen LogP contribution < -0.4 is 5.32 Å². The maximum Gasteiger partial charge on any atom is 0.243 e. The summed E-state index contributed by atoms with van der Waals surface area (Å²) >= 11 is 11.6. The zero-order valence-corrected chi connectivity index (χ0v) is 20.1. The van der Waals surface area contributed by atoms with Crippen LogP contribution in [0.2, 0.25) is 10.0 Å². The van der Waals surface area contributed by atoms with Crippen molar-refractivity contribution in [1.29, 1.82) is 0 Å². The van der Waals surface area contributed by atoms with Crippen LogP contribution in [-0.2, 0) is 24.7 Å². The maximum absolute atomic E-state index is 12.7. The van der Waals surface area contributed by atoms with Gasteiger partial charge in [-0.3, -0.25) is 4.79 Å². The predicted octanol–water partition coefficient (Wildman–Crippen LogP) is 3.50. The number of carbonyl (C=O) groups is 1. The van der Waals surface area contributed by atoms with Crippen molar-refractivity contribution in [1.82, 2.24) is 9.62 Å². The largest absolute Gasteiger partial charge is 0.356 e. The molecule has 32 heavy (non-hydrogen) atoms. The van der Waals surface area contributed by atoms with Gasteiger partial charge in [0.25, 0.3) is 0 Å². The molecule has 2 aromatic rings. The second-order valence-electron chi connectivity index (χ2n) is 7.25. The van der Waals surface area contributed by atoms with Crippen LogP contribution >= 0.6 is 23.2 Å². The second-order valence-corrected chi connectivity index (χ2v) is 11.9. The van der Waals surface area contributed by atoms with Crippen LogP contribution in [0.3, 0.4) is 0 Å². The molecule has 7 nitrogen and oxygen atoms in total. The highest BCUT2D eigenvalue weighted by molar-refractivity contribution is 7.94. The van der Waals surface area contributed by atoms with Crippen molar-refractivity contribution in [2.75, 3.05) is 19.6 Å². The molecule has 1 aliphatic heterocycles. The number of sulfonamides is 1. The third-order valence-electron chi connectivity index (χ3n) is 5.00. The number of hydrogen-bond donors (Lipinski definition) is 1. The van der Waals surface area contributed by atoms with Crippen molar-refractivity contribution in [2.45, 2.75) is 22.6 Å². The number of sulfone groups is 1. The van der Waals surface area contributed by atoms with Crippen LogP contribution in [-0.4, -0.2) is 46.7 Å². The van der Waals surface area contributed by atoms with Crippen LogP contribution in [0.5, 0.6) is 0 Å². The van der Waals surface area contributed by atoms with Gasteiger partial charge in [0, 0.05) is 35.1 Å². The fourth-order valence-electron chi connectivity index (χ4n) is 3.24. The van der Waals surface area contributed by atoms with Crippen LogP contribution in [0, 0.1) is 5.92 Å². The standard InChI is InChI=1S/C21H22Cl2N2O5S2/c22-17-3-7-19(8-4-17)31(27,28)14-2-1-12-24-21(26)16-11-13-25(15-16)32(29,30)20-9-5-18(23)6-10-20/h2-10,14,16H,1,11-13,15H2,(H,24,26)/b14-2+/t16-/m0/s1. The first-order valence-corrected chi connectivity index (χ1v) is 13.5. The molecular formula is C21H22Cl2N2O5S2. The number of carbonyl (C=O) groups excluding carboxylic acids is 1. The highest BCUT2D eigenvalue weighted by Gasteiger charge is 2.35. The quantitative estimate of drug-likeness (QED) is 0.541. The maximum atomic E-state index is 12.7. The minimum atomic E-state index is -3.69. The second kappa shape index (κ2) is 10.4. The van der Waals surface area contributed by atoms with Gasteiger partial charge in [-0.25, -0.2) is 16.8 Å². The molecule has 2 aromatic carbocycles. The zero-order chi connectivity index (χ0) is 23.4. The molecule has 1 fully saturated rings. The summed E-state index contributed by atoms with van der Waals surface area (Å²) in [7, 11) is -7.27. The number of halogens is 2. The Balaban J connectivity index is 1.48. The van der Waals surface area contributed by atoms with E-state index in [1.54, 1.807) is 0 Å². The van der Waals surface area contributed by atoms with Gasteiger partial charge in [0.15, 0.2) is 9.84 Å². The Morgan fingerprint density at radius 2 is 1.53 bits per heavy atom. The fraction of sp³-hybridized carbons (Fsp3) is 0.286. The fourth-order valence-corrected chi connectivity index (χ4v) is 6.05. The van der Waals surface area contributed by atoms with Crippen molar-refractivity contribution in [3.8, 4) is 0 Å². The molecule has 1 atom stereocenters. The van der Waals surface area contributed by atoms with Crippen molar-refractivity contribution in [3.63, 3.8) is 0 Å². The lowest BCUT2D eigenvalue weighted by Crippen LogP contribution is -2.35. The van der Waals surface area contributed by atoms with E-state index in [0.717, 1.165) is 5.41 Å². The third-order valence-corrected chi connectivity index (χ3v) is 8.86. The van der Waals surface area contributed by atoms with E-state index in [4.69, 9.17) is 23.2 Å². The molecule has 1 heterocycles. The van der Waals surface area contributed by atoms with Crippen LogP contribution in [0.1, 0.15) is 12.8 Å². The van der Waals surface area contributed by atoms with E-state index in [1.807, 2.05) is 0 Å². The number of hydrogen-bond acceptors (Lipinski definition) is 5. The first-order valence-electron chi connectivity index (χ1n) is 9.80. The van der Waals surface area contributed by atoms with Crippen LogP contribution in [0.4, 0.5) is 0 Å². The highest BCUT2D eigenvalue weighted by atomic mass is 35.5. The summed E-state index contributed by atoms with van der Waals surface area (Å²) in [6, 6.07) is 11.7. The van der Waals surface area contributed by atoms with E-state index >= 15 is 0 Å². The zero-order valence-electron chi connectivity index (χ0n) is 16.9. The monoisotopic (exact) mass is 516 g/mol. The van der Waals surface area contributed by atoms with E-state index < -0.39 is 25.8 Å². The lowest BCUT2D eigenvalue weighted by atomic mass is 10.1. The Bertz CT molecular complexity index is 1200. The molecule has 1 amide bonds. The summed E-state index contributed by atoms with van der Waals surface area (Å²) in [6.07, 6.45) is 2.20. The number of rotatable bonds is 8. The van der Waals surface area contributed by atoms with Crippen LogP contribution in [0.25, 0.3) is 0 Å². The Kier molecular flexibility index (Phi) is 8.00. The first-order chi connectivity index (χ1) is 15.1. The van der Waals surface area contributed by atoms with Gasteiger partial charge in [-0.05, 0) is 61.4 Å². The van der Waals surface area contributed by atoms with E-state index in [2.05, 4.69) is 5.32 Å². The lowest BCUT2D eigenvalue weighted by molar-refractivity contribution is -0.124. The summed E-state index contributed by atoms with van der Waals surface area (Å²) in [6.45, 7) is 0.589. The Labute approximate surface area is 198 Å². The molecule has 0 aliphatic carbocycles. The van der Waals surface area contributed by atoms with Gasteiger partial charge in [-0.15, -0.1) is 0 Å². The molecule has 11 heteroatoms. The van der Waals surface area contributed by atoms with E-state index in [1.165, 1.54) is 58.9 Å². The molecule has 172 valence electrons. The third kappa shape index (κ3) is 6.11. The SMILES string of the molecule is O=C(NCC/C=C/S(=O)(=O)c1ccc(Cl)cc1)[C@H]1CCN(S(=O)(=O)c2ccc(Cl)cc2)C1. The van der Waals surface area contributed by atoms with Gasteiger partial charge in [0.05, 0.1) is 15.7 Å². The van der Waals surface area contributed by atoms with Gasteiger partial charge >= 0.3 is 0 Å². The van der Waals surface area contributed by atoms with Gasteiger partial charge in [-0.2, -0.15) is 4.31 Å². The van der Waals surface area contributed by atoms with Gasteiger partial charge in [0.1, 0.15) is 0 Å². The van der Waals surface area contributed by atoms with Gasteiger partial charge < -0.3 is 5.32 Å². The summed E-state index contributed by atoms with van der Waals surface area (Å²) in [5.41, 5.74) is 0. The molecule has 1 saturated heterocycles. The van der Waals surface area contributed by atoms with E-state index in [9.17, 15) is 21.6 Å². The smallest absolute Gasteiger partial charge is 0.243 e. The highest BCUT2D eigenvalue weighted by Crippen LogP contribution is 2.25. The average Bonchev–Trinajstić information content (AvgIpc) is 3.25. The van der Waals surface area contributed by atoms with Crippen molar-refractivity contribution < 1.29 is 21.6 Å². The molecule has 0 bridgehead atoms. The van der Waals surface area contributed by atoms with Gasteiger partial charge in [0.2, 0.25) is 15.9 Å². The summed E-state index contributed by atoms with van der Waals surface area (Å²) in [5.74, 6) is -0.716. The average molecular weight is 517 g/mol. The number of amides is 1. The van der Waals surface area contributed by atoms with E-state index in [-0.39, 0.29) is 35.3 Å². The normalized spacial score (nSPS) is 17.6. The number of benzene rings is 2. The van der Waals surface area contributed by atoms with Crippen molar-refractivity contribution >= 4 is 49.0 Å². The molecule has 0 aromatic heterocycles. The minimum absolute atomic E-state index is 0.0948. The Morgan fingerprint density at radius 1 is 0.969 bits per heavy atom. The summed E-state index contributed by atoms with van der Waals surface area (Å²) in [5, 5.41) is 4.72. The number of nitrogens with zero attached hydrogens (tertiary/aromatic N) is 1. The first kappa shape index (κ1) is 24.7. The molecule has 0 saturated carbocycles. The van der Waals surface area contributed by atoms with Gasteiger partial charge in [-0.1, -0.05) is 29.3 Å². The summed E-state index contributed by atoms with van der Waals surface area (Å²) < 4.78 is 51.2. The molecule has 0 radical (unpaired) electrons. The van der Waals surface area contributed by atoms with E-state index in [0.29, 0.717) is 22.9 Å². The number of nitrogens with one attached hydrogen (secondary N) is 1. The molecular weight excluding hydrogens is 495 g/mol. The van der Waals surface area contributed by atoms with Crippen molar-refractivity contribution in [3.05, 3.63) is 70.1 Å². The van der Waals surface area contributed by atoms with Crippen LogP contribution in [0.15, 0.2) is 69.8 Å². The summed E-state index contributed by atoms with van der Waals surface area (Å²) in [4.78, 5) is 12.7. The molecule has 3 rings (SSSR count). The topological polar surface area (TPSA) is 101 Å². The Morgan fingerprint density at radius 3 is 2.12 bits per heavy atom. The Hall–Kier alpha value is -1.91. The molecule has 0 unspecified atom stereocenters. The minimum Gasteiger partial charge on any atom is -0.356 e. The lowest BCUT2D eigenvalue weighted by Gasteiger charge is -2.16. The molecule has 1 aliphatic rings. The predicted molar refractivity (Wildman–Crippen MR) is 124 cm³/mol. The van der Waals surface area contributed by atoms with Crippen molar-refractivity contribution in [2.24, 2.45) is 5.92 Å².